The number of carbonyl (C=O) groups is 1. The Labute approximate surface area is 158 Å². The lowest BCUT2D eigenvalue weighted by atomic mass is 9.63. The Morgan fingerprint density at radius 2 is 1.93 bits per heavy atom. The molecule has 1 amide bonds. The Hall–Kier alpha value is -2.56. The number of benzene rings is 2. The van der Waals surface area contributed by atoms with Crippen molar-refractivity contribution in [2.45, 2.75) is 38.1 Å². The van der Waals surface area contributed by atoms with E-state index < -0.39 is 5.41 Å². The maximum atomic E-state index is 13.8. The molecular formula is C22H24FNO3. The summed E-state index contributed by atoms with van der Waals surface area (Å²) in [7, 11) is 0. The Bertz CT molecular complexity index is 847. The zero-order valence-electron chi connectivity index (χ0n) is 15.5. The van der Waals surface area contributed by atoms with Crippen LogP contribution in [0.4, 0.5) is 4.39 Å². The minimum Gasteiger partial charge on any atom is -0.486 e. The second-order valence-electron chi connectivity index (χ2n) is 7.21. The molecule has 0 saturated heterocycles. The van der Waals surface area contributed by atoms with Crippen LogP contribution in [0, 0.1) is 5.82 Å². The SMILES string of the molecule is CCN(Cc1cccc2c1OCCO2)C(=O)C1(c2cccc(F)c2)CCC1. The standard InChI is InChI=1S/C22H24FNO3/c1-2-24(15-16-6-3-9-19-20(16)27-13-12-26-19)21(25)22(10-5-11-22)17-7-4-8-18(23)14-17/h3-4,6-9,14H,2,5,10-13,15H2,1H3. The van der Waals surface area contributed by atoms with Gasteiger partial charge >= 0.3 is 0 Å². The molecule has 0 atom stereocenters. The second kappa shape index (κ2) is 7.22. The molecule has 4 nitrogen and oxygen atoms in total. The average molecular weight is 369 g/mol. The molecule has 142 valence electrons. The van der Waals surface area contributed by atoms with E-state index in [9.17, 15) is 9.18 Å². The number of hydrogen-bond acceptors (Lipinski definition) is 3. The van der Waals surface area contributed by atoms with Crippen LogP contribution in [0.3, 0.4) is 0 Å². The molecule has 4 rings (SSSR count). The molecule has 2 aliphatic rings. The first-order valence-electron chi connectivity index (χ1n) is 9.57. The number of carbonyl (C=O) groups excluding carboxylic acids is 1. The van der Waals surface area contributed by atoms with Crippen LogP contribution in [-0.4, -0.2) is 30.6 Å². The van der Waals surface area contributed by atoms with E-state index in [-0.39, 0.29) is 11.7 Å². The molecule has 0 aromatic heterocycles. The highest BCUT2D eigenvalue weighted by molar-refractivity contribution is 5.89. The van der Waals surface area contributed by atoms with E-state index in [2.05, 4.69) is 0 Å². The number of nitrogens with zero attached hydrogens (tertiary/aromatic N) is 1. The van der Waals surface area contributed by atoms with Crippen LogP contribution in [0.2, 0.25) is 0 Å². The molecule has 1 saturated carbocycles. The number of likely N-dealkylation sites (N-methyl/N-ethyl adjacent to an activating group) is 1. The molecule has 2 aromatic carbocycles. The monoisotopic (exact) mass is 369 g/mol. The maximum absolute atomic E-state index is 13.8. The van der Waals surface area contributed by atoms with Gasteiger partial charge in [0.25, 0.3) is 0 Å². The van der Waals surface area contributed by atoms with E-state index in [1.54, 1.807) is 6.07 Å². The van der Waals surface area contributed by atoms with Crippen molar-refractivity contribution in [3.05, 3.63) is 59.4 Å². The second-order valence-corrected chi connectivity index (χ2v) is 7.21. The lowest BCUT2D eigenvalue weighted by Gasteiger charge is -2.44. The Morgan fingerprint density at radius 1 is 1.15 bits per heavy atom. The third kappa shape index (κ3) is 3.15. The number of ether oxygens (including phenoxy) is 2. The highest BCUT2D eigenvalue weighted by atomic mass is 19.1. The topological polar surface area (TPSA) is 38.8 Å². The first-order chi connectivity index (χ1) is 13.1. The molecule has 0 spiro atoms. The van der Waals surface area contributed by atoms with Crippen LogP contribution in [0.15, 0.2) is 42.5 Å². The summed E-state index contributed by atoms with van der Waals surface area (Å²) >= 11 is 0. The largest absolute Gasteiger partial charge is 0.486 e. The molecule has 0 unspecified atom stereocenters. The molecule has 5 heteroatoms. The first kappa shape index (κ1) is 17.8. The van der Waals surface area contributed by atoms with Crippen LogP contribution < -0.4 is 9.47 Å². The molecule has 0 bridgehead atoms. The predicted molar refractivity (Wildman–Crippen MR) is 100 cm³/mol. The van der Waals surface area contributed by atoms with Crippen molar-refractivity contribution in [2.24, 2.45) is 0 Å². The minimum atomic E-state index is -0.607. The Kier molecular flexibility index (Phi) is 4.77. The summed E-state index contributed by atoms with van der Waals surface area (Å²) in [5.41, 5.74) is 1.12. The molecule has 0 N–H and O–H groups in total. The van der Waals surface area contributed by atoms with Gasteiger partial charge in [0.15, 0.2) is 11.5 Å². The average Bonchev–Trinajstić information content (AvgIpc) is 2.65. The first-order valence-corrected chi connectivity index (χ1v) is 9.57. The van der Waals surface area contributed by atoms with Gasteiger partial charge in [-0.25, -0.2) is 4.39 Å². The third-order valence-corrected chi connectivity index (χ3v) is 5.67. The maximum Gasteiger partial charge on any atom is 0.233 e. The van der Waals surface area contributed by atoms with Crippen LogP contribution in [0.1, 0.15) is 37.3 Å². The summed E-state index contributed by atoms with van der Waals surface area (Å²) in [4.78, 5) is 15.3. The number of hydrogen-bond donors (Lipinski definition) is 0. The zero-order valence-corrected chi connectivity index (χ0v) is 15.5. The van der Waals surface area contributed by atoms with Crippen molar-refractivity contribution >= 4 is 5.91 Å². The highest BCUT2D eigenvalue weighted by Gasteiger charge is 2.47. The van der Waals surface area contributed by atoms with E-state index in [0.29, 0.717) is 26.3 Å². The number of halogens is 1. The Morgan fingerprint density at radius 3 is 2.63 bits per heavy atom. The van der Waals surface area contributed by atoms with Crippen molar-refractivity contribution in [3.8, 4) is 11.5 Å². The van der Waals surface area contributed by atoms with Crippen LogP contribution in [0.5, 0.6) is 11.5 Å². The van der Waals surface area contributed by atoms with Gasteiger partial charge in [-0.2, -0.15) is 0 Å². The molecule has 1 fully saturated rings. The predicted octanol–water partition coefficient (Wildman–Crippen LogP) is 4.07. The molecule has 1 heterocycles. The van der Waals surface area contributed by atoms with Gasteiger partial charge in [0.2, 0.25) is 5.91 Å². The summed E-state index contributed by atoms with van der Waals surface area (Å²) in [6.45, 7) is 4.06. The molecule has 2 aromatic rings. The van der Waals surface area contributed by atoms with Crippen molar-refractivity contribution < 1.29 is 18.7 Å². The van der Waals surface area contributed by atoms with Gasteiger partial charge in [-0.3, -0.25) is 4.79 Å². The van der Waals surface area contributed by atoms with Gasteiger partial charge < -0.3 is 14.4 Å². The third-order valence-electron chi connectivity index (χ3n) is 5.67. The summed E-state index contributed by atoms with van der Waals surface area (Å²) < 4.78 is 25.2. The quantitative estimate of drug-likeness (QED) is 0.798. The van der Waals surface area contributed by atoms with Crippen LogP contribution in [0.25, 0.3) is 0 Å². The zero-order chi connectivity index (χ0) is 18.9. The van der Waals surface area contributed by atoms with Crippen LogP contribution in [-0.2, 0) is 16.8 Å². The lowest BCUT2D eigenvalue weighted by molar-refractivity contribution is -0.141. The smallest absolute Gasteiger partial charge is 0.233 e. The Balaban J connectivity index is 1.62. The van der Waals surface area contributed by atoms with E-state index in [1.807, 2.05) is 36.1 Å². The lowest BCUT2D eigenvalue weighted by Crippen LogP contribution is -2.50. The molecule has 1 aliphatic heterocycles. The molecular weight excluding hydrogens is 345 g/mol. The fourth-order valence-electron chi connectivity index (χ4n) is 4.04. The van der Waals surface area contributed by atoms with E-state index in [0.717, 1.165) is 41.9 Å². The van der Waals surface area contributed by atoms with Gasteiger partial charge in [0.05, 0.1) is 5.41 Å². The van der Waals surface area contributed by atoms with Crippen molar-refractivity contribution in [1.82, 2.24) is 4.90 Å². The minimum absolute atomic E-state index is 0.0659. The highest BCUT2D eigenvalue weighted by Crippen LogP contribution is 2.46. The molecule has 1 aliphatic carbocycles. The number of para-hydroxylation sites is 1. The normalized spacial score (nSPS) is 17.1. The van der Waals surface area contributed by atoms with Gasteiger partial charge in [-0.05, 0) is 43.5 Å². The summed E-state index contributed by atoms with van der Waals surface area (Å²) in [6.07, 6.45) is 2.51. The van der Waals surface area contributed by atoms with Crippen LogP contribution >= 0.6 is 0 Å². The summed E-state index contributed by atoms with van der Waals surface area (Å²) in [5.74, 6) is 1.22. The van der Waals surface area contributed by atoms with Crippen molar-refractivity contribution in [1.29, 1.82) is 0 Å². The summed E-state index contributed by atoms with van der Waals surface area (Å²) in [5, 5.41) is 0. The van der Waals surface area contributed by atoms with Gasteiger partial charge in [0, 0.05) is 18.7 Å². The molecule has 0 radical (unpaired) electrons. The number of fused-ring (bicyclic) bond motifs is 1. The number of amides is 1. The van der Waals surface area contributed by atoms with Gasteiger partial charge in [-0.1, -0.05) is 30.7 Å². The summed E-state index contributed by atoms with van der Waals surface area (Å²) in [6, 6.07) is 12.3. The van der Waals surface area contributed by atoms with Crippen molar-refractivity contribution in [2.75, 3.05) is 19.8 Å². The van der Waals surface area contributed by atoms with Gasteiger partial charge in [-0.15, -0.1) is 0 Å². The van der Waals surface area contributed by atoms with E-state index in [4.69, 9.17) is 9.47 Å². The fraction of sp³-hybridized carbons (Fsp3) is 0.409. The number of rotatable bonds is 5. The molecule has 27 heavy (non-hydrogen) atoms. The van der Waals surface area contributed by atoms with Gasteiger partial charge in [0.1, 0.15) is 19.0 Å². The fourth-order valence-corrected chi connectivity index (χ4v) is 4.04. The van der Waals surface area contributed by atoms with E-state index >= 15 is 0 Å². The van der Waals surface area contributed by atoms with E-state index in [1.165, 1.54) is 12.1 Å². The van der Waals surface area contributed by atoms with Crippen molar-refractivity contribution in [3.63, 3.8) is 0 Å².